The first kappa shape index (κ1) is 21.0. The maximum absolute atomic E-state index is 12.9. The Bertz CT molecular complexity index is 908. The van der Waals surface area contributed by atoms with Gasteiger partial charge in [0.1, 0.15) is 0 Å². The molecule has 3 rings (SSSR count). The smallest absolute Gasteiger partial charge is 0.293 e. The van der Waals surface area contributed by atoms with Crippen molar-refractivity contribution >= 4 is 56.1 Å². The number of imide groups is 1. The van der Waals surface area contributed by atoms with Crippen molar-refractivity contribution in [1.29, 1.82) is 0 Å². The third-order valence-corrected chi connectivity index (χ3v) is 5.93. The van der Waals surface area contributed by atoms with Crippen molar-refractivity contribution < 1.29 is 19.1 Å². The zero-order valence-corrected chi connectivity index (χ0v) is 18.6. The molecule has 5 nitrogen and oxygen atoms in total. The Morgan fingerprint density at radius 3 is 2.57 bits per heavy atom. The molecule has 1 atom stereocenters. The van der Waals surface area contributed by atoms with E-state index in [2.05, 4.69) is 15.9 Å². The van der Waals surface area contributed by atoms with E-state index in [-0.39, 0.29) is 11.1 Å². The minimum atomic E-state index is -0.509. The quantitative estimate of drug-likeness (QED) is 0.504. The van der Waals surface area contributed by atoms with Gasteiger partial charge in [0.05, 0.1) is 28.6 Å². The Labute approximate surface area is 181 Å². The number of carbonyl (C=O) groups excluding carboxylic acids is 2. The molecule has 0 unspecified atom stereocenters. The van der Waals surface area contributed by atoms with E-state index in [9.17, 15) is 9.59 Å². The molecule has 0 spiro atoms. The van der Waals surface area contributed by atoms with E-state index >= 15 is 0 Å². The van der Waals surface area contributed by atoms with Crippen molar-refractivity contribution in [2.75, 3.05) is 18.1 Å². The predicted octanol–water partition coefficient (Wildman–Crippen LogP) is 5.71. The second-order valence-corrected chi connectivity index (χ2v) is 8.45. The molecule has 1 aliphatic rings. The van der Waals surface area contributed by atoms with Crippen LogP contribution in [0.2, 0.25) is 5.02 Å². The Balaban J connectivity index is 1.84. The molecule has 1 aliphatic heterocycles. The number of carbonyl (C=O) groups is 2. The first-order valence-electron chi connectivity index (χ1n) is 8.82. The summed E-state index contributed by atoms with van der Waals surface area (Å²) in [5.41, 5.74) is 1.37. The van der Waals surface area contributed by atoms with Crippen molar-refractivity contribution in [3.63, 3.8) is 0 Å². The van der Waals surface area contributed by atoms with E-state index < -0.39 is 5.25 Å². The molecule has 1 heterocycles. The van der Waals surface area contributed by atoms with Gasteiger partial charge >= 0.3 is 0 Å². The Morgan fingerprint density at radius 2 is 1.89 bits per heavy atom. The molecule has 1 fully saturated rings. The SMILES string of the molecule is CCOc1cc(C[C@@H]2SC(=O)N(c3cccc(Cl)c3)C2=O)cc(Br)c1OCC. The fourth-order valence-corrected chi connectivity index (χ4v) is 4.75. The lowest BCUT2D eigenvalue weighted by molar-refractivity contribution is -0.117. The standard InChI is InChI=1S/C20H19BrClNO4S/c1-3-26-16-9-12(8-15(21)18(16)27-4-2)10-17-19(24)23(20(25)28-17)14-7-5-6-13(22)11-14/h5-9,11,17H,3-4,10H2,1-2H3/t17-/m0/s1. The third-order valence-electron chi connectivity index (χ3n) is 4.07. The van der Waals surface area contributed by atoms with Gasteiger partial charge in [0.15, 0.2) is 11.5 Å². The Morgan fingerprint density at radius 1 is 1.14 bits per heavy atom. The number of hydrogen-bond donors (Lipinski definition) is 0. The fraction of sp³-hybridized carbons (Fsp3) is 0.300. The van der Waals surface area contributed by atoms with E-state index in [0.29, 0.717) is 41.8 Å². The molecule has 8 heteroatoms. The van der Waals surface area contributed by atoms with Gasteiger partial charge in [0.2, 0.25) is 5.91 Å². The van der Waals surface area contributed by atoms with Gasteiger partial charge in [-0.2, -0.15) is 0 Å². The Hall–Kier alpha value is -1.70. The van der Waals surface area contributed by atoms with Crippen molar-refractivity contribution in [1.82, 2.24) is 0 Å². The van der Waals surface area contributed by atoms with E-state index in [4.69, 9.17) is 21.1 Å². The maximum atomic E-state index is 12.9. The number of ether oxygens (including phenoxy) is 2. The van der Waals surface area contributed by atoms with Gasteiger partial charge in [-0.1, -0.05) is 29.4 Å². The zero-order chi connectivity index (χ0) is 20.3. The Kier molecular flexibility index (Phi) is 6.91. The van der Waals surface area contributed by atoms with E-state index in [0.717, 1.165) is 21.8 Å². The number of anilines is 1. The van der Waals surface area contributed by atoms with Crippen LogP contribution in [-0.4, -0.2) is 29.6 Å². The number of amides is 2. The molecule has 0 aliphatic carbocycles. The largest absolute Gasteiger partial charge is 0.490 e. The van der Waals surface area contributed by atoms with E-state index in [1.54, 1.807) is 24.3 Å². The number of benzene rings is 2. The summed E-state index contributed by atoms with van der Waals surface area (Å²) in [6, 6.07) is 10.5. The van der Waals surface area contributed by atoms with E-state index in [1.165, 1.54) is 4.90 Å². The topological polar surface area (TPSA) is 55.8 Å². The van der Waals surface area contributed by atoms with Crippen LogP contribution < -0.4 is 14.4 Å². The van der Waals surface area contributed by atoms with Crippen LogP contribution in [0.1, 0.15) is 19.4 Å². The molecule has 0 aromatic heterocycles. The van der Waals surface area contributed by atoms with Gasteiger partial charge in [-0.25, -0.2) is 4.90 Å². The molecule has 2 amide bonds. The summed E-state index contributed by atoms with van der Waals surface area (Å²) < 4.78 is 12.1. The number of nitrogens with zero attached hydrogens (tertiary/aromatic N) is 1. The zero-order valence-electron chi connectivity index (χ0n) is 15.4. The van der Waals surface area contributed by atoms with Crippen LogP contribution in [0.4, 0.5) is 10.5 Å². The van der Waals surface area contributed by atoms with Gasteiger partial charge in [-0.05, 0) is 72.1 Å². The lowest BCUT2D eigenvalue weighted by Gasteiger charge is -2.16. The first-order valence-corrected chi connectivity index (χ1v) is 10.9. The fourth-order valence-electron chi connectivity index (χ4n) is 2.94. The summed E-state index contributed by atoms with van der Waals surface area (Å²) in [6.45, 7) is 4.81. The molecule has 148 valence electrons. The average molecular weight is 485 g/mol. The van der Waals surface area contributed by atoms with Crippen LogP contribution in [0.5, 0.6) is 11.5 Å². The molecule has 2 aromatic rings. The van der Waals surface area contributed by atoms with Crippen molar-refractivity contribution in [3.05, 3.63) is 51.5 Å². The summed E-state index contributed by atoms with van der Waals surface area (Å²) in [4.78, 5) is 26.5. The van der Waals surface area contributed by atoms with Gasteiger partial charge in [0, 0.05) is 5.02 Å². The molecule has 28 heavy (non-hydrogen) atoms. The number of rotatable bonds is 7. The number of halogens is 2. The van der Waals surface area contributed by atoms with Gasteiger partial charge < -0.3 is 9.47 Å². The summed E-state index contributed by atoms with van der Waals surface area (Å²) in [6.07, 6.45) is 0.400. The van der Waals surface area contributed by atoms with Crippen LogP contribution >= 0.6 is 39.3 Å². The van der Waals surface area contributed by atoms with Crippen LogP contribution in [0.3, 0.4) is 0 Å². The lowest BCUT2D eigenvalue weighted by atomic mass is 10.1. The summed E-state index contributed by atoms with van der Waals surface area (Å²) in [5.74, 6) is 0.998. The van der Waals surface area contributed by atoms with Crippen molar-refractivity contribution in [3.8, 4) is 11.5 Å². The van der Waals surface area contributed by atoms with Crippen LogP contribution in [0.25, 0.3) is 0 Å². The molecule has 0 N–H and O–H groups in total. The van der Waals surface area contributed by atoms with E-state index in [1.807, 2.05) is 26.0 Å². The highest BCUT2D eigenvalue weighted by molar-refractivity contribution is 9.10. The molecular weight excluding hydrogens is 466 g/mol. The molecule has 0 saturated carbocycles. The minimum Gasteiger partial charge on any atom is -0.490 e. The van der Waals surface area contributed by atoms with Crippen molar-refractivity contribution in [2.45, 2.75) is 25.5 Å². The molecule has 1 saturated heterocycles. The highest BCUT2D eigenvalue weighted by Crippen LogP contribution is 2.39. The highest BCUT2D eigenvalue weighted by atomic mass is 79.9. The summed E-state index contributed by atoms with van der Waals surface area (Å²) >= 11 is 10.5. The summed E-state index contributed by atoms with van der Waals surface area (Å²) in [7, 11) is 0. The monoisotopic (exact) mass is 483 g/mol. The summed E-state index contributed by atoms with van der Waals surface area (Å²) in [5, 5.41) is -0.332. The first-order chi connectivity index (χ1) is 13.4. The molecular formula is C20H19BrClNO4S. The van der Waals surface area contributed by atoms with Crippen LogP contribution in [0, 0.1) is 0 Å². The average Bonchev–Trinajstić information content (AvgIpc) is 2.91. The third kappa shape index (κ3) is 4.47. The van der Waals surface area contributed by atoms with Gasteiger partial charge in [-0.15, -0.1) is 0 Å². The van der Waals surface area contributed by atoms with Crippen molar-refractivity contribution in [2.24, 2.45) is 0 Å². The lowest BCUT2D eigenvalue weighted by Crippen LogP contribution is -2.32. The predicted molar refractivity (Wildman–Crippen MR) is 116 cm³/mol. The number of thioether (sulfide) groups is 1. The highest BCUT2D eigenvalue weighted by Gasteiger charge is 2.40. The second-order valence-electron chi connectivity index (χ2n) is 6.00. The molecule has 0 bridgehead atoms. The van der Waals surface area contributed by atoms with Gasteiger partial charge in [-0.3, -0.25) is 9.59 Å². The van der Waals surface area contributed by atoms with Crippen LogP contribution in [0.15, 0.2) is 40.9 Å². The van der Waals surface area contributed by atoms with Gasteiger partial charge in [0.25, 0.3) is 5.24 Å². The molecule has 2 aromatic carbocycles. The second kappa shape index (κ2) is 9.20. The minimum absolute atomic E-state index is 0.250. The maximum Gasteiger partial charge on any atom is 0.293 e. The number of hydrogen-bond acceptors (Lipinski definition) is 5. The normalized spacial score (nSPS) is 16.6. The van der Waals surface area contributed by atoms with Crippen LogP contribution in [-0.2, 0) is 11.2 Å². The molecule has 0 radical (unpaired) electrons.